The summed E-state index contributed by atoms with van der Waals surface area (Å²) in [4.78, 5) is 25.6. The van der Waals surface area contributed by atoms with Gasteiger partial charge in [-0.25, -0.2) is 0 Å². The van der Waals surface area contributed by atoms with Gasteiger partial charge in [-0.3, -0.25) is 14.5 Å². The molecule has 2 rings (SSSR count). The van der Waals surface area contributed by atoms with Crippen LogP contribution < -0.4 is 10.2 Å². The average molecular weight is 346 g/mol. The van der Waals surface area contributed by atoms with Crippen LogP contribution >= 0.6 is 27.5 Å². The van der Waals surface area contributed by atoms with E-state index in [0.717, 1.165) is 10.0 Å². The van der Waals surface area contributed by atoms with Gasteiger partial charge >= 0.3 is 0 Å². The molecule has 0 aliphatic carbocycles. The van der Waals surface area contributed by atoms with Gasteiger partial charge < -0.3 is 5.32 Å². The van der Waals surface area contributed by atoms with Crippen molar-refractivity contribution in [2.45, 2.75) is 32.9 Å². The number of halogens is 2. The molecule has 1 aliphatic heterocycles. The molecule has 102 valence electrons. The number of hydrogen-bond acceptors (Lipinski definition) is 2. The van der Waals surface area contributed by atoms with Crippen molar-refractivity contribution in [3.63, 3.8) is 0 Å². The molecular weight excluding hydrogens is 332 g/mol. The van der Waals surface area contributed by atoms with Gasteiger partial charge in [-0.1, -0.05) is 11.6 Å². The van der Waals surface area contributed by atoms with Crippen molar-refractivity contribution in [2.75, 3.05) is 4.90 Å². The number of carbonyl (C=O) groups is 2. The molecule has 0 bridgehead atoms. The van der Waals surface area contributed by atoms with Gasteiger partial charge in [0, 0.05) is 9.50 Å². The summed E-state index contributed by atoms with van der Waals surface area (Å²) >= 11 is 9.54. The average Bonchev–Trinajstić information content (AvgIpc) is 2.33. The Morgan fingerprint density at radius 3 is 2.58 bits per heavy atom. The van der Waals surface area contributed by atoms with Crippen LogP contribution in [0.4, 0.5) is 5.69 Å². The van der Waals surface area contributed by atoms with Crippen molar-refractivity contribution in [2.24, 2.45) is 0 Å². The van der Waals surface area contributed by atoms with Gasteiger partial charge in [-0.2, -0.15) is 0 Å². The second kappa shape index (κ2) is 5.13. The summed E-state index contributed by atoms with van der Waals surface area (Å²) in [6, 6.07) is 2.46. The summed E-state index contributed by atoms with van der Waals surface area (Å²) in [7, 11) is 0. The van der Waals surface area contributed by atoms with E-state index in [1.54, 1.807) is 19.9 Å². The molecule has 1 fully saturated rings. The van der Waals surface area contributed by atoms with Crippen LogP contribution in [0.3, 0.4) is 0 Å². The van der Waals surface area contributed by atoms with E-state index in [0.29, 0.717) is 10.7 Å². The van der Waals surface area contributed by atoms with Crippen LogP contribution in [0.2, 0.25) is 5.02 Å². The minimum atomic E-state index is -0.557. The number of carbonyl (C=O) groups excluding carboxylic acids is 2. The molecular formula is C13H14BrClN2O2. The lowest BCUT2D eigenvalue weighted by molar-refractivity contribution is -0.133. The molecule has 1 N–H and O–H groups in total. The van der Waals surface area contributed by atoms with E-state index in [1.807, 2.05) is 13.0 Å². The van der Waals surface area contributed by atoms with Gasteiger partial charge in [0.05, 0.1) is 5.69 Å². The van der Waals surface area contributed by atoms with Crippen molar-refractivity contribution in [3.8, 4) is 0 Å². The highest BCUT2D eigenvalue weighted by Crippen LogP contribution is 2.34. The van der Waals surface area contributed by atoms with E-state index in [1.165, 1.54) is 4.90 Å². The zero-order valence-electron chi connectivity index (χ0n) is 10.8. The zero-order valence-corrected chi connectivity index (χ0v) is 13.2. The molecule has 19 heavy (non-hydrogen) atoms. The van der Waals surface area contributed by atoms with Gasteiger partial charge in [0.2, 0.25) is 11.8 Å². The number of nitrogens with zero attached hydrogens (tertiary/aromatic N) is 1. The number of aryl methyl sites for hydroxylation is 1. The Morgan fingerprint density at radius 2 is 1.95 bits per heavy atom. The van der Waals surface area contributed by atoms with Gasteiger partial charge in [-0.15, -0.1) is 0 Å². The first-order valence-corrected chi connectivity index (χ1v) is 7.09. The van der Waals surface area contributed by atoms with Gasteiger partial charge in [0.1, 0.15) is 12.1 Å². The summed E-state index contributed by atoms with van der Waals surface area (Å²) < 4.78 is 0.747. The lowest BCUT2D eigenvalue weighted by atomic mass is 10.1. The quantitative estimate of drug-likeness (QED) is 0.850. The molecule has 0 saturated carbocycles. The van der Waals surface area contributed by atoms with Crippen LogP contribution in [-0.2, 0) is 9.59 Å². The molecule has 6 heteroatoms. The molecule has 2 amide bonds. The number of rotatable bonds is 1. The van der Waals surface area contributed by atoms with Crippen LogP contribution in [0.5, 0.6) is 0 Å². The predicted molar refractivity (Wildman–Crippen MR) is 78.4 cm³/mol. The van der Waals surface area contributed by atoms with Crippen LogP contribution in [0, 0.1) is 6.92 Å². The lowest BCUT2D eigenvalue weighted by Gasteiger charge is -2.36. The minimum absolute atomic E-state index is 0.146. The van der Waals surface area contributed by atoms with E-state index in [-0.39, 0.29) is 11.8 Å². The van der Waals surface area contributed by atoms with Crippen molar-refractivity contribution < 1.29 is 9.59 Å². The molecule has 2 unspecified atom stereocenters. The van der Waals surface area contributed by atoms with Crippen LogP contribution in [0.15, 0.2) is 16.6 Å². The number of hydrogen-bond donors (Lipinski definition) is 1. The maximum atomic E-state index is 12.3. The maximum Gasteiger partial charge on any atom is 0.250 e. The Morgan fingerprint density at radius 1 is 1.32 bits per heavy atom. The van der Waals surface area contributed by atoms with E-state index < -0.39 is 12.1 Å². The molecule has 1 saturated heterocycles. The monoisotopic (exact) mass is 344 g/mol. The Balaban J connectivity index is 2.52. The van der Waals surface area contributed by atoms with E-state index in [2.05, 4.69) is 21.2 Å². The first-order chi connectivity index (χ1) is 8.82. The smallest absolute Gasteiger partial charge is 0.250 e. The molecule has 1 aromatic carbocycles. The Kier molecular flexibility index (Phi) is 3.87. The summed E-state index contributed by atoms with van der Waals surface area (Å²) in [6.07, 6.45) is 0. The number of anilines is 1. The Hall–Kier alpha value is -1.07. The standard InChI is InChI=1S/C13H14BrClN2O2/c1-6-4-9(14)11(5-10(6)15)17-8(3)12(18)16-7(2)13(17)19/h4-5,7-8H,1-3H3,(H,16,18). The highest BCUT2D eigenvalue weighted by molar-refractivity contribution is 9.10. The summed E-state index contributed by atoms with van der Waals surface area (Å²) in [6.45, 7) is 5.25. The fraction of sp³-hybridized carbons (Fsp3) is 0.385. The molecule has 2 atom stereocenters. The van der Waals surface area contributed by atoms with E-state index in [9.17, 15) is 9.59 Å². The van der Waals surface area contributed by atoms with Crippen molar-refractivity contribution in [1.29, 1.82) is 0 Å². The largest absolute Gasteiger partial charge is 0.343 e. The molecule has 1 heterocycles. The third-order valence-corrected chi connectivity index (χ3v) is 4.26. The Bertz CT molecular complexity index is 562. The fourth-order valence-corrected chi connectivity index (χ4v) is 2.87. The summed E-state index contributed by atoms with van der Waals surface area (Å²) in [5.74, 6) is -0.316. The molecule has 0 radical (unpaired) electrons. The molecule has 1 aromatic rings. The summed E-state index contributed by atoms with van der Waals surface area (Å²) in [5.41, 5.74) is 1.53. The van der Waals surface area contributed by atoms with Crippen molar-refractivity contribution in [1.82, 2.24) is 5.32 Å². The third-order valence-electron chi connectivity index (χ3n) is 3.22. The number of piperazine rings is 1. The van der Waals surface area contributed by atoms with Gasteiger partial charge in [0.25, 0.3) is 0 Å². The second-order valence-electron chi connectivity index (χ2n) is 4.67. The van der Waals surface area contributed by atoms with Crippen LogP contribution in [-0.4, -0.2) is 23.9 Å². The lowest BCUT2D eigenvalue weighted by Crippen LogP contribution is -2.61. The zero-order chi connectivity index (χ0) is 14.3. The maximum absolute atomic E-state index is 12.3. The highest BCUT2D eigenvalue weighted by Gasteiger charge is 2.37. The van der Waals surface area contributed by atoms with Gasteiger partial charge in [-0.05, 0) is 54.4 Å². The predicted octanol–water partition coefficient (Wildman–Crippen LogP) is 2.65. The van der Waals surface area contributed by atoms with E-state index in [4.69, 9.17) is 11.6 Å². The molecule has 4 nitrogen and oxygen atoms in total. The molecule has 0 spiro atoms. The normalized spacial score (nSPS) is 23.5. The first kappa shape index (κ1) is 14.3. The SMILES string of the molecule is Cc1cc(Br)c(N2C(=O)C(C)NC(=O)C2C)cc1Cl. The Labute approximate surface area is 125 Å². The fourth-order valence-electron chi connectivity index (χ4n) is 2.06. The van der Waals surface area contributed by atoms with Gasteiger partial charge in [0.15, 0.2) is 0 Å². The number of benzene rings is 1. The number of nitrogens with one attached hydrogen (secondary N) is 1. The van der Waals surface area contributed by atoms with Crippen LogP contribution in [0.25, 0.3) is 0 Å². The molecule has 0 aromatic heterocycles. The first-order valence-electron chi connectivity index (χ1n) is 5.92. The molecule has 1 aliphatic rings. The highest BCUT2D eigenvalue weighted by atomic mass is 79.9. The van der Waals surface area contributed by atoms with Crippen molar-refractivity contribution >= 4 is 45.0 Å². The van der Waals surface area contributed by atoms with Crippen LogP contribution in [0.1, 0.15) is 19.4 Å². The third kappa shape index (κ3) is 2.49. The number of amides is 2. The van der Waals surface area contributed by atoms with Crippen molar-refractivity contribution in [3.05, 3.63) is 27.2 Å². The summed E-state index contributed by atoms with van der Waals surface area (Å²) in [5, 5.41) is 3.21. The minimum Gasteiger partial charge on any atom is -0.343 e. The topological polar surface area (TPSA) is 49.4 Å². The van der Waals surface area contributed by atoms with E-state index >= 15 is 0 Å². The second-order valence-corrected chi connectivity index (χ2v) is 5.93.